The molecule has 0 bridgehead atoms. The first-order valence-electron chi connectivity index (χ1n) is 5.24. The Morgan fingerprint density at radius 3 is 3.06 bits per heavy atom. The molecule has 0 saturated heterocycles. The van der Waals surface area contributed by atoms with Crippen molar-refractivity contribution in [1.82, 2.24) is 19.5 Å². The molecule has 0 amide bonds. The molecule has 0 radical (unpaired) electrons. The number of nitriles is 1. The van der Waals surface area contributed by atoms with Crippen molar-refractivity contribution in [3.05, 3.63) is 30.5 Å². The molecule has 2 heterocycles. The molecule has 6 nitrogen and oxygen atoms in total. The zero-order valence-corrected chi connectivity index (χ0v) is 9.46. The minimum atomic E-state index is 0.448. The minimum Gasteiger partial charge on any atom is -0.369 e. The lowest BCUT2D eigenvalue weighted by molar-refractivity contribution is 0.904. The van der Waals surface area contributed by atoms with Gasteiger partial charge in [0, 0.05) is 30.7 Å². The van der Waals surface area contributed by atoms with Crippen molar-refractivity contribution in [2.45, 2.75) is 13.3 Å². The number of hydrogen-bond donors (Lipinski definition) is 1. The predicted octanol–water partition coefficient (Wildman–Crippen LogP) is 1.30. The Labute approximate surface area is 99.0 Å². The van der Waals surface area contributed by atoms with Crippen LogP contribution in [-0.2, 0) is 0 Å². The molecule has 0 aromatic carbocycles. The van der Waals surface area contributed by atoms with Crippen molar-refractivity contribution in [3.8, 4) is 12.0 Å². The van der Waals surface area contributed by atoms with Gasteiger partial charge in [-0.3, -0.25) is 4.57 Å². The van der Waals surface area contributed by atoms with Crippen molar-refractivity contribution in [2.75, 3.05) is 11.9 Å². The lowest BCUT2D eigenvalue weighted by Gasteiger charge is -2.07. The van der Waals surface area contributed by atoms with Crippen LogP contribution in [0.1, 0.15) is 12.1 Å². The van der Waals surface area contributed by atoms with Gasteiger partial charge in [0.1, 0.15) is 12.1 Å². The molecule has 2 aromatic heterocycles. The van der Waals surface area contributed by atoms with E-state index >= 15 is 0 Å². The maximum atomic E-state index is 8.47. The van der Waals surface area contributed by atoms with Gasteiger partial charge in [0.2, 0.25) is 5.95 Å². The van der Waals surface area contributed by atoms with E-state index in [1.54, 1.807) is 23.3 Å². The number of nitrogens with one attached hydrogen (secondary N) is 1. The Morgan fingerprint density at radius 2 is 2.35 bits per heavy atom. The van der Waals surface area contributed by atoms with E-state index in [9.17, 15) is 0 Å². The topological polar surface area (TPSA) is 79.4 Å². The maximum absolute atomic E-state index is 8.47. The second-order valence-corrected chi connectivity index (χ2v) is 3.50. The van der Waals surface area contributed by atoms with Gasteiger partial charge >= 0.3 is 0 Å². The molecule has 0 fully saturated rings. The van der Waals surface area contributed by atoms with E-state index in [-0.39, 0.29) is 0 Å². The molecule has 0 spiro atoms. The summed E-state index contributed by atoms with van der Waals surface area (Å²) in [4.78, 5) is 12.6. The molecular weight excluding hydrogens is 216 g/mol. The molecule has 0 unspecified atom stereocenters. The third-order valence-electron chi connectivity index (χ3n) is 2.12. The minimum absolute atomic E-state index is 0.448. The van der Waals surface area contributed by atoms with Gasteiger partial charge in [-0.2, -0.15) is 10.2 Å². The van der Waals surface area contributed by atoms with E-state index in [0.29, 0.717) is 18.9 Å². The van der Waals surface area contributed by atoms with Gasteiger partial charge in [-0.25, -0.2) is 9.97 Å². The van der Waals surface area contributed by atoms with Gasteiger partial charge in [-0.15, -0.1) is 0 Å². The van der Waals surface area contributed by atoms with Gasteiger partial charge < -0.3 is 5.32 Å². The quantitative estimate of drug-likeness (QED) is 0.798. The van der Waals surface area contributed by atoms with Gasteiger partial charge in [0.25, 0.3) is 0 Å². The van der Waals surface area contributed by atoms with Crippen LogP contribution in [0.15, 0.2) is 24.8 Å². The first-order chi connectivity index (χ1) is 8.29. The molecule has 0 aliphatic heterocycles. The van der Waals surface area contributed by atoms with E-state index < -0.39 is 0 Å². The van der Waals surface area contributed by atoms with E-state index in [0.717, 1.165) is 11.5 Å². The van der Waals surface area contributed by atoms with Crippen LogP contribution < -0.4 is 5.32 Å². The van der Waals surface area contributed by atoms with Crippen LogP contribution in [0.5, 0.6) is 0 Å². The van der Waals surface area contributed by atoms with Gasteiger partial charge in [0.05, 0.1) is 12.5 Å². The molecule has 0 atom stereocenters. The molecule has 0 aliphatic rings. The number of aryl methyl sites for hydroxylation is 1. The Hall–Kier alpha value is -2.42. The predicted molar refractivity (Wildman–Crippen MR) is 62.6 cm³/mol. The van der Waals surface area contributed by atoms with Crippen LogP contribution in [0.3, 0.4) is 0 Å². The first kappa shape index (κ1) is 11.1. The molecule has 1 N–H and O–H groups in total. The van der Waals surface area contributed by atoms with Gasteiger partial charge in [0.15, 0.2) is 0 Å². The lowest BCUT2D eigenvalue weighted by Crippen LogP contribution is -2.07. The summed E-state index contributed by atoms with van der Waals surface area (Å²) in [6.07, 6.45) is 5.56. The van der Waals surface area contributed by atoms with Gasteiger partial charge in [-0.1, -0.05) is 0 Å². The molecule has 0 aliphatic carbocycles. The Morgan fingerprint density at radius 1 is 1.47 bits per heavy atom. The number of nitrogens with zero attached hydrogens (tertiary/aromatic N) is 5. The van der Waals surface area contributed by atoms with Crippen LogP contribution >= 0.6 is 0 Å². The average molecular weight is 228 g/mol. The molecule has 86 valence electrons. The highest BCUT2D eigenvalue weighted by atomic mass is 15.2. The summed E-state index contributed by atoms with van der Waals surface area (Å²) in [5, 5.41) is 11.5. The number of anilines is 1. The average Bonchev–Trinajstić information content (AvgIpc) is 2.82. The molecule has 6 heteroatoms. The molecule has 2 aromatic rings. The third-order valence-corrected chi connectivity index (χ3v) is 2.12. The van der Waals surface area contributed by atoms with Crippen molar-refractivity contribution in [2.24, 2.45) is 0 Å². The van der Waals surface area contributed by atoms with E-state index in [1.807, 2.05) is 13.0 Å². The zero-order chi connectivity index (χ0) is 12.1. The summed E-state index contributed by atoms with van der Waals surface area (Å²) in [5.41, 5.74) is 0.864. The number of aromatic nitrogens is 4. The normalized spacial score (nSPS) is 9.88. The summed E-state index contributed by atoms with van der Waals surface area (Å²) >= 11 is 0. The second kappa shape index (κ2) is 5.07. The lowest BCUT2D eigenvalue weighted by atomic mass is 10.4. The summed E-state index contributed by atoms with van der Waals surface area (Å²) < 4.78 is 1.74. The highest BCUT2D eigenvalue weighted by Gasteiger charge is 2.03. The number of rotatable bonds is 4. The van der Waals surface area contributed by atoms with Crippen molar-refractivity contribution >= 4 is 5.82 Å². The van der Waals surface area contributed by atoms with Crippen LogP contribution in [0.25, 0.3) is 5.95 Å². The van der Waals surface area contributed by atoms with Crippen LogP contribution in [0, 0.1) is 18.3 Å². The van der Waals surface area contributed by atoms with Crippen molar-refractivity contribution in [1.29, 1.82) is 5.26 Å². The highest BCUT2D eigenvalue weighted by Crippen LogP contribution is 2.09. The van der Waals surface area contributed by atoms with E-state index in [2.05, 4.69) is 26.3 Å². The number of hydrogen-bond acceptors (Lipinski definition) is 5. The largest absolute Gasteiger partial charge is 0.369 e. The van der Waals surface area contributed by atoms with E-state index in [4.69, 9.17) is 5.26 Å². The molecule has 2 rings (SSSR count). The Balaban J connectivity index is 2.21. The molecular formula is C11H12N6. The Kier molecular flexibility index (Phi) is 3.31. The fourth-order valence-corrected chi connectivity index (χ4v) is 1.38. The molecule has 0 saturated carbocycles. The van der Waals surface area contributed by atoms with Crippen molar-refractivity contribution in [3.63, 3.8) is 0 Å². The van der Waals surface area contributed by atoms with Gasteiger partial charge in [-0.05, 0) is 6.92 Å². The Bertz CT molecular complexity index is 525. The maximum Gasteiger partial charge on any atom is 0.237 e. The number of imidazole rings is 1. The van der Waals surface area contributed by atoms with Crippen molar-refractivity contribution < 1.29 is 0 Å². The standard InChI is InChI=1S/C11H12N6/c1-9-7-10(14-4-2-3-12)16-11(15-9)17-6-5-13-8-17/h5-8H,2,4H2,1H3,(H,14,15,16). The summed E-state index contributed by atoms with van der Waals surface area (Å²) in [5.74, 6) is 1.29. The fraction of sp³-hybridized carbons (Fsp3) is 0.273. The van der Waals surface area contributed by atoms with Crippen LogP contribution in [-0.4, -0.2) is 26.1 Å². The summed E-state index contributed by atoms with van der Waals surface area (Å²) in [6.45, 7) is 2.48. The van der Waals surface area contributed by atoms with Crippen LogP contribution in [0.2, 0.25) is 0 Å². The smallest absolute Gasteiger partial charge is 0.237 e. The fourth-order valence-electron chi connectivity index (χ4n) is 1.38. The first-order valence-corrected chi connectivity index (χ1v) is 5.24. The highest BCUT2D eigenvalue weighted by molar-refractivity contribution is 5.38. The third kappa shape index (κ3) is 2.78. The summed E-state index contributed by atoms with van der Waals surface area (Å²) in [6, 6.07) is 3.92. The summed E-state index contributed by atoms with van der Waals surface area (Å²) in [7, 11) is 0. The SMILES string of the molecule is Cc1cc(NCCC#N)nc(-n2ccnc2)n1. The van der Waals surface area contributed by atoms with E-state index in [1.165, 1.54) is 0 Å². The monoisotopic (exact) mass is 228 g/mol. The molecule has 17 heavy (non-hydrogen) atoms. The van der Waals surface area contributed by atoms with Crippen LogP contribution in [0.4, 0.5) is 5.82 Å². The second-order valence-electron chi connectivity index (χ2n) is 3.50. The zero-order valence-electron chi connectivity index (χ0n) is 9.46.